The van der Waals surface area contributed by atoms with Crippen LogP contribution in [0.15, 0.2) is 18.2 Å². The van der Waals surface area contributed by atoms with E-state index in [4.69, 9.17) is 34.8 Å². The van der Waals surface area contributed by atoms with E-state index in [9.17, 15) is 0 Å². The number of nitrogens with zero attached hydrogens (tertiary/aromatic N) is 3. The van der Waals surface area contributed by atoms with Crippen LogP contribution in [0.25, 0.3) is 0 Å². The average molecular weight is 319 g/mol. The van der Waals surface area contributed by atoms with Crippen molar-refractivity contribution in [1.82, 2.24) is 15.0 Å². The molecular formula is C11H10Cl3N5. The fourth-order valence-corrected chi connectivity index (χ4v) is 2.08. The van der Waals surface area contributed by atoms with Crippen molar-refractivity contribution in [3.8, 4) is 0 Å². The molecule has 1 aromatic carbocycles. The zero-order valence-corrected chi connectivity index (χ0v) is 12.2. The quantitative estimate of drug-likeness (QED) is 0.892. The molecule has 0 aliphatic rings. The van der Waals surface area contributed by atoms with Gasteiger partial charge in [0.25, 0.3) is 0 Å². The molecule has 1 aromatic heterocycles. The van der Waals surface area contributed by atoms with E-state index in [1.165, 1.54) is 0 Å². The normalized spacial score (nSPS) is 10.3. The van der Waals surface area contributed by atoms with E-state index in [0.29, 0.717) is 34.2 Å². The lowest BCUT2D eigenvalue weighted by atomic mass is 10.3. The van der Waals surface area contributed by atoms with Crippen molar-refractivity contribution in [2.24, 2.45) is 0 Å². The lowest BCUT2D eigenvalue weighted by Crippen LogP contribution is -2.06. The zero-order chi connectivity index (χ0) is 13.8. The third-order valence-electron chi connectivity index (χ3n) is 2.06. The summed E-state index contributed by atoms with van der Waals surface area (Å²) >= 11 is 17.6. The van der Waals surface area contributed by atoms with Crippen LogP contribution >= 0.6 is 34.8 Å². The SMILES string of the molecule is CCNc1nc(Cl)nc(Nc2cc(Cl)cc(Cl)c2)n1. The second-order valence-corrected chi connectivity index (χ2v) is 4.78. The Hall–Kier alpha value is -1.30. The topological polar surface area (TPSA) is 62.7 Å². The van der Waals surface area contributed by atoms with Crippen LogP contribution in [0.3, 0.4) is 0 Å². The van der Waals surface area contributed by atoms with Gasteiger partial charge in [-0.25, -0.2) is 0 Å². The largest absolute Gasteiger partial charge is 0.354 e. The predicted molar refractivity (Wildman–Crippen MR) is 78.7 cm³/mol. The van der Waals surface area contributed by atoms with E-state index in [2.05, 4.69) is 25.6 Å². The van der Waals surface area contributed by atoms with Gasteiger partial charge in [0.1, 0.15) is 0 Å². The molecule has 2 N–H and O–H groups in total. The van der Waals surface area contributed by atoms with Gasteiger partial charge in [-0.1, -0.05) is 23.2 Å². The molecule has 0 saturated carbocycles. The van der Waals surface area contributed by atoms with Gasteiger partial charge in [-0.3, -0.25) is 0 Å². The van der Waals surface area contributed by atoms with Gasteiger partial charge in [0.15, 0.2) is 0 Å². The highest BCUT2D eigenvalue weighted by Crippen LogP contribution is 2.24. The van der Waals surface area contributed by atoms with Gasteiger partial charge in [-0.05, 0) is 36.7 Å². The molecule has 0 unspecified atom stereocenters. The minimum absolute atomic E-state index is 0.0987. The number of nitrogens with one attached hydrogen (secondary N) is 2. The first-order valence-corrected chi connectivity index (χ1v) is 6.59. The molecule has 0 spiro atoms. The molecule has 2 rings (SSSR count). The summed E-state index contributed by atoms with van der Waals surface area (Å²) in [6.45, 7) is 2.62. The number of hydrogen-bond donors (Lipinski definition) is 2. The summed E-state index contributed by atoms with van der Waals surface area (Å²) in [4.78, 5) is 12.1. The highest BCUT2D eigenvalue weighted by atomic mass is 35.5. The maximum absolute atomic E-state index is 5.91. The molecule has 0 amide bonds. The van der Waals surface area contributed by atoms with Gasteiger partial charge in [-0.15, -0.1) is 0 Å². The van der Waals surface area contributed by atoms with Crippen LogP contribution in [-0.4, -0.2) is 21.5 Å². The van der Waals surface area contributed by atoms with Crippen molar-refractivity contribution in [3.63, 3.8) is 0 Å². The first-order chi connectivity index (χ1) is 9.06. The molecule has 100 valence electrons. The summed E-state index contributed by atoms with van der Waals surface area (Å²) in [7, 11) is 0. The number of halogens is 3. The molecule has 0 bridgehead atoms. The Morgan fingerprint density at radius 2 is 1.58 bits per heavy atom. The van der Waals surface area contributed by atoms with Crippen LogP contribution in [0.4, 0.5) is 17.6 Å². The molecule has 0 aliphatic heterocycles. The monoisotopic (exact) mass is 317 g/mol. The van der Waals surface area contributed by atoms with Crippen LogP contribution < -0.4 is 10.6 Å². The molecule has 0 saturated heterocycles. The molecule has 5 nitrogen and oxygen atoms in total. The molecule has 0 atom stereocenters. The Morgan fingerprint density at radius 1 is 0.947 bits per heavy atom. The maximum atomic E-state index is 5.91. The summed E-state index contributed by atoms with van der Waals surface area (Å²) in [6.07, 6.45) is 0. The molecule has 19 heavy (non-hydrogen) atoms. The van der Waals surface area contributed by atoms with E-state index in [-0.39, 0.29) is 5.28 Å². The molecule has 0 fully saturated rings. The van der Waals surface area contributed by atoms with Gasteiger partial charge in [0.05, 0.1) is 0 Å². The van der Waals surface area contributed by atoms with Gasteiger partial charge in [0, 0.05) is 22.3 Å². The number of benzene rings is 1. The molecule has 0 radical (unpaired) electrons. The second kappa shape index (κ2) is 6.23. The lowest BCUT2D eigenvalue weighted by molar-refractivity contribution is 1.02. The van der Waals surface area contributed by atoms with Crippen molar-refractivity contribution < 1.29 is 0 Å². The highest BCUT2D eigenvalue weighted by molar-refractivity contribution is 6.35. The fraction of sp³-hybridized carbons (Fsp3) is 0.182. The summed E-state index contributed by atoms with van der Waals surface area (Å²) in [5.41, 5.74) is 0.669. The average Bonchev–Trinajstić information content (AvgIpc) is 2.26. The summed E-state index contributed by atoms with van der Waals surface area (Å²) in [5.74, 6) is 0.715. The van der Waals surface area contributed by atoms with Gasteiger partial charge < -0.3 is 10.6 Å². The Kier molecular flexibility index (Phi) is 4.63. The molecule has 8 heteroatoms. The summed E-state index contributed by atoms with van der Waals surface area (Å²) in [5, 5.41) is 7.06. The Bertz CT molecular complexity index is 570. The maximum Gasteiger partial charge on any atom is 0.233 e. The predicted octanol–water partition coefficient (Wildman–Crippen LogP) is 4.01. The number of aromatic nitrogens is 3. The zero-order valence-electron chi connectivity index (χ0n) is 9.91. The van der Waals surface area contributed by atoms with Gasteiger partial charge >= 0.3 is 0 Å². The lowest BCUT2D eigenvalue weighted by Gasteiger charge is -2.08. The third-order valence-corrected chi connectivity index (χ3v) is 2.67. The van der Waals surface area contributed by atoms with Crippen LogP contribution in [0.1, 0.15) is 6.92 Å². The third kappa shape index (κ3) is 4.09. The van der Waals surface area contributed by atoms with Crippen LogP contribution in [-0.2, 0) is 0 Å². The van der Waals surface area contributed by atoms with Gasteiger partial charge in [0.2, 0.25) is 17.2 Å². The van der Waals surface area contributed by atoms with Crippen molar-refractivity contribution in [2.75, 3.05) is 17.2 Å². The summed E-state index contributed by atoms with van der Waals surface area (Å²) < 4.78 is 0. The van der Waals surface area contributed by atoms with E-state index < -0.39 is 0 Å². The number of anilines is 3. The van der Waals surface area contributed by atoms with Crippen molar-refractivity contribution in [3.05, 3.63) is 33.5 Å². The Morgan fingerprint density at radius 3 is 2.21 bits per heavy atom. The molecule has 1 heterocycles. The molecule has 0 aliphatic carbocycles. The van der Waals surface area contributed by atoms with Crippen LogP contribution in [0.5, 0.6) is 0 Å². The van der Waals surface area contributed by atoms with Crippen LogP contribution in [0.2, 0.25) is 15.3 Å². The van der Waals surface area contributed by atoms with Crippen molar-refractivity contribution in [1.29, 1.82) is 0 Å². The molecule has 2 aromatic rings. The summed E-state index contributed by atoms with van der Waals surface area (Å²) in [6, 6.07) is 5.05. The first-order valence-electron chi connectivity index (χ1n) is 5.45. The highest BCUT2D eigenvalue weighted by Gasteiger charge is 2.06. The smallest absolute Gasteiger partial charge is 0.233 e. The number of rotatable bonds is 4. The van der Waals surface area contributed by atoms with Gasteiger partial charge in [-0.2, -0.15) is 15.0 Å². The van der Waals surface area contributed by atoms with E-state index >= 15 is 0 Å². The minimum atomic E-state index is 0.0987. The molecular weight excluding hydrogens is 309 g/mol. The van der Waals surface area contributed by atoms with E-state index in [1.807, 2.05) is 6.92 Å². The number of hydrogen-bond acceptors (Lipinski definition) is 5. The van der Waals surface area contributed by atoms with E-state index in [1.54, 1.807) is 18.2 Å². The standard InChI is InChI=1S/C11H10Cl3N5/c1-2-15-10-17-9(14)18-11(19-10)16-8-4-6(12)3-7(13)5-8/h3-5H,2H2,1H3,(H2,15,16,17,18,19). The Labute approximate surface area is 125 Å². The minimum Gasteiger partial charge on any atom is -0.354 e. The fourth-order valence-electron chi connectivity index (χ4n) is 1.40. The van der Waals surface area contributed by atoms with Crippen LogP contribution in [0, 0.1) is 0 Å². The van der Waals surface area contributed by atoms with Crippen molar-refractivity contribution >= 4 is 52.4 Å². The first kappa shape index (κ1) is 14.1. The second-order valence-electron chi connectivity index (χ2n) is 3.57. The van der Waals surface area contributed by atoms with Crippen molar-refractivity contribution in [2.45, 2.75) is 6.92 Å². The Balaban J connectivity index is 2.27. The van der Waals surface area contributed by atoms with E-state index in [0.717, 1.165) is 0 Å².